The molecule has 1 aliphatic rings. The number of carbonyl (C=O) groups is 2. The van der Waals surface area contributed by atoms with E-state index in [1.807, 2.05) is 23.8 Å². The maximum Gasteiger partial charge on any atom is 0.337 e. The summed E-state index contributed by atoms with van der Waals surface area (Å²) >= 11 is 1.18. The lowest BCUT2D eigenvalue weighted by Crippen LogP contribution is -2.39. The largest absolute Gasteiger partial charge is 0.491 e. The van der Waals surface area contributed by atoms with E-state index >= 15 is 8.78 Å². The Morgan fingerprint density at radius 2 is 1.69 bits per heavy atom. The smallest absolute Gasteiger partial charge is 0.337 e. The van der Waals surface area contributed by atoms with Gasteiger partial charge >= 0.3 is 11.7 Å². The minimum Gasteiger partial charge on any atom is -0.491 e. The quantitative estimate of drug-likeness (QED) is 0.136. The number of urea groups is 1. The SMILES string of the molecule is CCNC(=O)Nc1ccc(-c2sc3c(c2CN(C)CCN2CCCC2=O)c(=O)n(-c2ccc(OCCOC)cc2)c(=O)n3Cc2c(F)cccc2F)cc1. The first kappa shape index (κ1) is 38.3. The van der Waals surface area contributed by atoms with Gasteiger partial charge in [-0.3, -0.25) is 14.2 Å². The normalized spacial score (nSPS) is 12.9. The maximum absolute atomic E-state index is 15.2. The molecule has 5 aromatic rings. The highest BCUT2D eigenvalue weighted by molar-refractivity contribution is 7.22. The van der Waals surface area contributed by atoms with E-state index in [2.05, 4.69) is 10.6 Å². The van der Waals surface area contributed by atoms with Crippen molar-refractivity contribution in [1.29, 1.82) is 0 Å². The lowest BCUT2D eigenvalue weighted by atomic mass is 10.1. The molecule has 1 saturated heterocycles. The number of amides is 3. The van der Waals surface area contributed by atoms with Crippen molar-refractivity contribution in [1.82, 2.24) is 24.3 Å². The number of carbonyl (C=O) groups excluding carboxylic acids is 2. The van der Waals surface area contributed by atoms with E-state index in [1.165, 1.54) is 22.0 Å². The third-order valence-corrected chi connectivity index (χ3v) is 10.5. The van der Waals surface area contributed by atoms with Crippen LogP contribution < -0.4 is 26.6 Å². The van der Waals surface area contributed by atoms with E-state index in [4.69, 9.17) is 9.47 Å². The molecule has 0 radical (unpaired) electrons. The zero-order chi connectivity index (χ0) is 38.4. The Balaban J connectivity index is 1.53. The van der Waals surface area contributed by atoms with Gasteiger partial charge in [-0.25, -0.2) is 22.9 Å². The van der Waals surface area contributed by atoms with E-state index in [1.54, 1.807) is 55.6 Å². The van der Waals surface area contributed by atoms with Gasteiger partial charge in [-0.05, 0) is 80.1 Å². The number of fused-ring (bicyclic) bond motifs is 1. The molecule has 2 N–H and O–H groups in total. The molecule has 1 fully saturated rings. The standard InChI is InChI=1S/C39H42F2N6O6S/c1-4-42-38(50)43-26-12-10-25(11-13-26)35-30(23-44(2)19-20-45-18-6-9-33(45)48)34-36(49)47(27-14-16-28(17-15-27)53-22-21-52-3)39(51)46(37(34)54-35)24-29-31(40)7-5-8-32(29)41/h5,7-8,10-17H,4,6,9,18-24H2,1-3H3,(H2,42,43,50). The highest BCUT2D eigenvalue weighted by Crippen LogP contribution is 2.38. The summed E-state index contributed by atoms with van der Waals surface area (Å²) in [7, 11) is 3.45. The Morgan fingerprint density at radius 1 is 0.963 bits per heavy atom. The van der Waals surface area contributed by atoms with Gasteiger partial charge in [0.1, 0.15) is 28.8 Å². The van der Waals surface area contributed by atoms with Crippen LogP contribution in [0.2, 0.25) is 0 Å². The zero-order valence-corrected chi connectivity index (χ0v) is 31.1. The summed E-state index contributed by atoms with van der Waals surface area (Å²) in [6.45, 7) is 4.42. The van der Waals surface area contributed by atoms with Crippen LogP contribution in [0.5, 0.6) is 5.75 Å². The van der Waals surface area contributed by atoms with Crippen molar-refractivity contribution in [2.75, 3.05) is 58.9 Å². The first-order chi connectivity index (χ1) is 26.1. The van der Waals surface area contributed by atoms with E-state index in [0.717, 1.165) is 23.1 Å². The second-order valence-corrected chi connectivity index (χ2v) is 13.9. The second-order valence-electron chi connectivity index (χ2n) is 12.9. The molecule has 3 amide bonds. The molecule has 3 aromatic carbocycles. The number of anilines is 1. The molecule has 2 aromatic heterocycles. The van der Waals surface area contributed by atoms with Crippen LogP contribution in [0.25, 0.3) is 26.3 Å². The van der Waals surface area contributed by atoms with E-state index < -0.39 is 29.4 Å². The molecule has 0 saturated carbocycles. The van der Waals surface area contributed by atoms with Gasteiger partial charge in [-0.1, -0.05) is 18.2 Å². The zero-order valence-electron chi connectivity index (χ0n) is 30.3. The van der Waals surface area contributed by atoms with Gasteiger partial charge < -0.3 is 29.9 Å². The van der Waals surface area contributed by atoms with E-state index in [0.29, 0.717) is 73.3 Å². The molecule has 3 heterocycles. The monoisotopic (exact) mass is 760 g/mol. The Bertz CT molecular complexity index is 2230. The fourth-order valence-electron chi connectivity index (χ4n) is 6.42. The number of benzene rings is 3. The number of aromatic nitrogens is 2. The summed E-state index contributed by atoms with van der Waals surface area (Å²) in [6, 6.07) is 16.6. The molecule has 0 spiro atoms. The lowest BCUT2D eigenvalue weighted by molar-refractivity contribution is -0.127. The molecular formula is C39H42F2N6O6S. The number of thiophene rings is 1. The van der Waals surface area contributed by atoms with Crippen molar-refractivity contribution >= 4 is 39.2 Å². The van der Waals surface area contributed by atoms with Crippen molar-refractivity contribution in [2.24, 2.45) is 0 Å². The van der Waals surface area contributed by atoms with Gasteiger partial charge in [0.05, 0.1) is 24.2 Å². The molecule has 0 aliphatic carbocycles. The van der Waals surface area contributed by atoms with Crippen LogP contribution in [0.1, 0.15) is 30.9 Å². The summed E-state index contributed by atoms with van der Waals surface area (Å²) in [4.78, 5) is 58.4. The van der Waals surface area contributed by atoms with Crippen molar-refractivity contribution < 1.29 is 27.8 Å². The Labute approximate surface area is 314 Å². The topological polar surface area (TPSA) is 127 Å². The summed E-state index contributed by atoms with van der Waals surface area (Å²) in [5.74, 6) is -1.04. The molecule has 1 aliphatic heterocycles. The summed E-state index contributed by atoms with van der Waals surface area (Å²) in [6.07, 6.45) is 1.33. The van der Waals surface area contributed by atoms with Crippen molar-refractivity contribution in [3.05, 3.63) is 110 Å². The number of halogens is 2. The minimum atomic E-state index is -0.825. The highest BCUT2D eigenvalue weighted by atomic mass is 32.1. The van der Waals surface area contributed by atoms with E-state index in [-0.39, 0.29) is 40.0 Å². The van der Waals surface area contributed by atoms with Crippen LogP contribution in [0.3, 0.4) is 0 Å². The molecule has 284 valence electrons. The maximum atomic E-state index is 15.2. The van der Waals surface area contributed by atoms with Gasteiger partial charge in [0.2, 0.25) is 5.91 Å². The minimum absolute atomic E-state index is 0.105. The number of nitrogens with one attached hydrogen (secondary N) is 2. The van der Waals surface area contributed by atoms with Gasteiger partial charge in [0.25, 0.3) is 5.56 Å². The number of likely N-dealkylation sites (tertiary alicyclic amines) is 1. The second kappa shape index (κ2) is 17.2. The van der Waals surface area contributed by atoms with E-state index in [9.17, 15) is 19.2 Å². The van der Waals surface area contributed by atoms with Crippen LogP contribution >= 0.6 is 11.3 Å². The van der Waals surface area contributed by atoms with Crippen molar-refractivity contribution in [2.45, 2.75) is 32.9 Å². The van der Waals surface area contributed by atoms with Crippen LogP contribution in [0, 0.1) is 11.6 Å². The average Bonchev–Trinajstić information content (AvgIpc) is 3.74. The molecule has 54 heavy (non-hydrogen) atoms. The average molecular weight is 761 g/mol. The lowest BCUT2D eigenvalue weighted by Gasteiger charge is -2.22. The summed E-state index contributed by atoms with van der Waals surface area (Å²) in [5, 5.41) is 5.69. The number of ether oxygens (including phenoxy) is 2. The number of hydrogen-bond donors (Lipinski definition) is 2. The number of methoxy groups -OCH3 is 1. The summed E-state index contributed by atoms with van der Waals surface area (Å²) in [5.41, 5.74) is 0.412. The molecule has 15 heteroatoms. The van der Waals surface area contributed by atoms with Crippen LogP contribution in [-0.2, 0) is 22.6 Å². The van der Waals surface area contributed by atoms with Gasteiger partial charge in [0, 0.05) is 62.4 Å². The third kappa shape index (κ3) is 8.38. The van der Waals surface area contributed by atoms with Crippen LogP contribution in [0.15, 0.2) is 76.3 Å². The third-order valence-electron chi connectivity index (χ3n) is 9.20. The summed E-state index contributed by atoms with van der Waals surface area (Å²) < 4.78 is 43.3. The molecule has 0 unspecified atom stereocenters. The van der Waals surface area contributed by atoms with Crippen LogP contribution in [-0.4, -0.2) is 84.4 Å². The van der Waals surface area contributed by atoms with Gasteiger partial charge in [0.15, 0.2) is 0 Å². The molecule has 6 rings (SSSR count). The first-order valence-corrected chi connectivity index (χ1v) is 18.5. The molecule has 0 bridgehead atoms. The predicted molar refractivity (Wildman–Crippen MR) is 205 cm³/mol. The first-order valence-electron chi connectivity index (χ1n) is 17.7. The molecule has 0 atom stereocenters. The Kier molecular flexibility index (Phi) is 12.2. The number of hydrogen-bond acceptors (Lipinski definition) is 8. The molecular weight excluding hydrogens is 719 g/mol. The van der Waals surface area contributed by atoms with Crippen molar-refractivity contribution in [3.8, 4) is 21.9 Å². The van der Waals surface area contributed by atoms with Gasteiger partial charge in [-0.15, -0.1) is 11.3 Å². The fourth-order valence-corrected chi connectivity index (χ4v) is 7.72. The molecule has 12 nitrogen and oxygen atoms in total. The highest BCUT2D eigenvalue weighted by Gasteiger charge is 2.26. The Morgan fingerprint density at radius 3 is 2.33 bits per heavy atom. The number of rotatable bonds is 15. The van der Waals surface area contributed by atoms with Crippen LogP contribution in [0.4, 0.5) is 19.3 Å². The Hall–Kier alpha value is -5.38. The number of nitrogens with zero attached hydrogens (tertiary/aromatic N) is 4. The van der Waals surface area contributed by atoms with Gasteiger partial charge in [-0.2, -0.15) is 0 Å². The number of likely N-dealkylation sites (N-methyl/N-ethyl adjacent to an activating group) is 1. The predicted octanol–water partition coefficient (Wildman–Crippen LogP) is 5.43. The fraction of sp³-hybridized carbons (Fsp3) is 0.333. The van der Waals surface area contributed by atoms with Crippen molar-refractivity contribution in [3.63, 3.8) is 0 Å².